The van der Waals surface area contributed by atoms with Crippen LogP contribution in [-0.4, -0.2) is 44.5 Å². The predicted molar refractivity (Wildman–Crippen MR) is 78.4 cm³/mol. The van der Waals surface area contributed by atoms with Crippen molar-refractivity contribution in [3.8, 4) is 0 Å². The third kappa shape index (κ3) is 3.33. The van der Waals surface area contributed by atoms with Gasteiger partial charge < -0.3 is 14.6 Å². The van der Waals surface area contributed by atoms with E-state index in [9.17, 15) is 14.4 Å². The Kier molecular flexibility index (Phi) is 4.26. The molecule has 2 aromatic heterocycles. The van der Waals surface area contributed by atoms with Gasteiger partial charge in [-0.3, -0.25) is 14.6 Å². The number of aromatic nitrogens is 3. The average molecular weight is 319 g/mol. The van der Waals surface area contributed by atoms with Gasteiger partial charge >= 0.3 is 5.69 Å². The predicted octanol–water partition coefficient (Wildman–Crippen LogP) is 0.00210. The summed E-state index contributed by atoms with van der Waals surface area (Å²) in [5.41, 5.74) is -0.429. The lowest BCUT2D eigenvalue weighted by atomic mass is 10.0. The molecule has 3 rings (SSSR count). The Balaban J connectivity index is 1.66. The van der Waals surface area contributed by atoms with Crippen molar-refractivity contribution in [1.82, 2.24) is 25.4 Å². The number of amides is 2. The van der Waals surface area contributed by atoms with Crippen molar-refractivity contribution in [2.24, 2.45) is 0 Å². The fourth-order valence-corrected chi connectivity index (χ4v) is 2.67. The van der Waals surface area contributed by atoms with Gasteiger partial charge in [0, 0.05) is 6.54 Å². The number of carbonyl (C=O) groups is 2. The largest absolute Gasteiger partial charge is 0.459 e. The van der Waals surface area contributed by atoms with Crippen LogP contribution in [0, 0.1) is 0 Å². The first-order chi connectivity index (χ1) is 11.1. The van der Waals surface area contributed by atoms with Gasteiger partial charge in [0.25, 0.3) is 5.91 Å². The Morgan fingerprint density at radius 1 is 1.43 bits per heavy atom. The van der Waals surface area contributed by atoms with Gasteiger partial charge in [-0.2, -0.15) is 5.10 Å². The molecular weight excluding hydrogens is 302 g/mol. The van der Waals surface area contributed by atoms with E-state index < -0.39 is 11.7 Å². The van der Waals surface area contributed by atoms with E-state index in [1.165, 1.54) is 11.2 Å². The van der Waals surface area contributed by atoms with Crippen LogP contribution < -0.4 is 11.0 Å². The summed E-state index contributed by atoms with van der Waals surface area (Å²) < 4.78 is 5.13. The van der Waals surface area contributed by atoms with E-state index in [0.717, 1.165) is 12.8 Å². The lowest BCUT2D eigenvalue weighted by Gasteiger charge is -2.34. The summed E-state index contributed by atoms with van der Waals surface area (Å²) in [4.78, 5) is 39.8. The van der Waals surface area contributed by atoms with Crippen LogP contribution in [0.1, 0.15) is 35.6 Å². The standard InChI is InChI=1S/C14H17N5O4/c20-12(15-8-11-16-14(22)18-17-11)9-4-1-2-6-19(9)13(21)10-5-3-7-23-10/h3,5,7,9H,1-2,4,6,8H2,(H,15,20)(H2,16,17,18,22). The van der Waals surface area contributed by atoms with Crippen molar-refractivity contribution in [1.29, 1.82) is 0 Å². The van der Waals surface area contributed by atoms with Gasteiger partial charge in [0.05, 0.1) is 12.8 Å². The maximum Gasteiger partial charge on any atom is 0.340 e. The van der Waals surface area contributed by atoms with Crippen LogP contribution in [0.5, 0.6) is 0 Å². The Labute approximate surface area is 131 Å². The smallest absolute Gasteiger partial charge is 0.340 e. The van der Waals surface area contributed by atoms with Crippen molar-refractivity contribution in [3.05, 3.63) is 40.5 Å². The molecule has 2 aromatic rings. The molecule has 3 heterocycles. The molecule has 0 aliphatic carbocycles. The van der Waals surface area contributed by atoms with Crippen LogP contribution in [0.4, 0.5) is 0 Å². The lowest BCUT2D eigenvalue weighted by molar-refractivity contribution is -0.126. The van der Waals surface area contributed by atoms with Gasteiger partial charge in [-0.25, -0.2) is 9.89 Å². The maximum atomic E-state index is 12.4. The zero-order valence-electron chi connectivity index (χ0n) is 12.4. The van der Waals surface area contributed by atoms with Crippen molar-refractivity contribution in [2.75, 3.05) is 6.54 Å². The number of nitrogens with zero attached hydrogens (tertiary/aromatic N) is 2. The van der Waals surface area contributed by atoms with Crippen molar-refractivity contribution < 1.29 is 14.0 Å². The van der Waals surface area contributed by atoms with Gasteiger partial charge in [-0.1, -0.05) is 0 Å². The second-order valence-corrected chi connectivity index (χ2v) is 5.33. The highest BCUT2D eigenvalue weighted by atomic mass is 16.3. The van der Waals surface area contributed by atoms with E-state index in [2.05, 4.69) is 20.5 Å². The Morgan fingerprint density at radius 2 is 2.30 bits per heavy atom. The van der Waals surface area contributed by atoms with Crippen molar-refractivity contribution in [2.45, 2.75) is 31.8 Å². The molecule has 1 fully saturated rings. The first-order valence-electron chi connectivity index (χ1n) is 7.41. The third-order valence-electron chi connectivity index (χ3n) is 3.78. The lowest BCUT2D eigenvalue weighted by Crippen LogP contribution is -2.51. The Hall–Kier alpha value is -2.84. The number of likely N-dealkylation sites (tertiary alicyclic amines) is 1. The van der Waals surface area contributed by atoms with E-state index in [1.54, 1.807) is 12.1 Å². The van der Waals surface area contributed by atoms with E-state index in [1.807, 2.05) is 0 Å². The molecule has 23 heavy (non-hydrogen) atoms. The monoisotopic (exact) mass is 319 g/mol. The van der Waals surface area contributed by atoms with Gasteiger partial charge in [0.15, 0.2) is 5.76 Å². The molecule has 3 N–H and O–H groups in total. The number of nitrogens with one attached hydrogen (secondary N) is 3. The second kappa shape index (κ2) is 6.51. The first kappa shape index (κ1) is 15.1. The van der Waals surface area contributed by atoms with Crippen LogP contribution >= 0.6 is 0 Å². The summed E-state index contributed by atoms with van der Waals surface area (Å²) >= 11 is 0. The molecule has 1 aliphatic rings. The minimum Gasteiger partial charge on any atom is -0.459 e. The third-order valence-corrected chi connectivity index (χ3v) is 3.78. The molecular formula is C14H17N5O4. The average Bonchev–Trinajstić information content (AvgIpc) is 3.23. The number of aromatic amines is 2. The summed E-state index contributed by atoms with van der Waals surface area (Å²) in [6.07, 6.45) is 3.75. The van der Waals surface area contributed by atoms with Crippen LogP contribution in [0.3, 0.4) is 0 Å². The van der Waals surface area contributed by atoms with E-state index >= 15 is 0 Å². The highest BCUT2D eigenvalue weighted by Gasteiger charge is 2.33. The van der Waals surface area contributed by atoms with Crippen molar-refractivity contribution >= 4 is 11.8 Å². The summed E-state index contributed by atoms with van der Waals surface area (Å²) in [7, 11) is 0. The van der Waals surface area contributed by atoms with E-state index in [4.69, 9.17) is 4.42 Å². The molecule has 1 saturated heterocycles. The van der Waals surface area contributed by atoms with Crippen molar-refractivity contribution in [3.63, 3.8) is 0 Å². The molecule has 0 bridgehead atoms. The summed E-state index contributed by atoms with van der Waals surface area (Å²) in [6, 6.07) is 2.67. The van der Waals surface area contributed by atoms with Crippen LogP contribution in [0.25, 0.3) is 0 Å². The SMILES string of the molecule is O=C(NCc1n[nH]c(=O)[nH]1)C1CCCCN1C(=O)c1ccco1. The number of H-pyrrole nitrogens is 2. The van der Waals surface area contributed by atoms with Gasteiger partial charge in [0.2, 0.25) is 5.91 Å². The molecule has 1 unspecified atom stereocenters. The molecule has 0 saturated carbocycles. The Morgan fingerprint density at radius 3 is 3.00 bits per heavy atom. The highest BCUT2D eigenvalue weighted by Crippen LogP contribution is 2.20. The first-order valence-corrected chi connectivity index (χ1v) is 7.41. The zero-order valence-corrected chi connectivity index (χ0v) is 12.4. The minimum absolute atomic E-state index is 0.0941. The summed E-state index contributed by atoms with van der Waals surface area (Å²) in [5, 5.41) is 8.65. The van der Waals surface area contributed by atoms with Gasteiger partial charge in [0.1, 0.15) is 11.9 Å². The number of furan rings is 1. The molecule has 2 amide bonds. The molecule has 122 valence electrons. The molecule has 1 atom stereocenters. The second-order valence-electron chi connectivity index (χ2n) is 5.33. The normalized spacial score (nSPS) is 17.9. The number of carbonyl (C=O) groups excluding carboxylic acids is 2. The topological polar surface area (TPSA) is 124 Å². The molecule has 9 heteroatoms. The molecule has 9 nitrogen and oxygen atoms in total. The fraction of sp³-hybridized carbons (Fsp3) is 0.429. The molecule has 0 spiro atoms. The van der Waals surface area contributed by atoms with Crippen LogP contribution in [0.2, 0.25) is 0 Å². The minimum atomic E-state index is -0.549. The number of hydrogen-bond acceptors (Lipinski definition) is 5. The zero-order chi connectivity index (χ0) is 16.2. The maximum absolute atomic E-state index is 12.4. The Bertz CT molecular complexity index is 732. The number of rotatable bonds is 4. The molecule has 0 radical (unpaired) electrons. The summed E-state index contributed by atoms with van der Waals surface area (Å²) in [5.74, 6) is 0.000818. The van der Waals surface area contributed by atoms with E-state index in [0.29, 0.717) is 18.8 Å². The van der Waals surface area contributed by atoms with Crippen LogP contribution in [-0.2, 0) is 11.3 Å². The molecule has 0 aromatic carbocycles. The highest BCUT2D eigenvalue weighted by molar-refractivity contribution is 5.95. The van der Waals surface area contributed by atoms with E-state index in [-0.39, 0.29) is 24.1 Å². The number of hydrogen-bond donors (Lipinski definition) is 3. The fourth-order valence-electron chi connectivity index (χ4n) is 2.67. The number of piperidine rings is 1. The van der Waals surface area contributed by atoms with Gasteiger partial charge in [-0.05, 0) is 31.4 Å². The summed E-state index contributed by atoms with van der Waals surface area (Å²) in [6.45, 7) is 0.605. The van der Waals surface area contributed by atoms with Crippen LogP contribution in [0.15, 0.2) is 27.6 Å². The van der Waals surface area contributed by atoms with Gasteiger partial charge in [-0.15, -0.1) is 0 Å². The molecule has 1 aliphatic heterocycles. The quantitative estimate of drug-likeness (QED) is 0.732.